The van der Waals surface area contributed by atoms with Gasteiger partial charge in [-0.25, -0.2) is 0 Å². The van der Waals surface area contributed by atoms with Crippen LogP contribution in [0.1, 0.15) is 34.1 Å². The second-order valence-electron chi connectivity index (χ2n) is 5.33. The number of piperazine rings is 1. The molecule has 0 aromatic rings. The van der Waals surface area contributed by atoms with E-state index in [4.69, 9.17) is 0 Å². The van der Waals surface area contributed by atoms with Crippen LogP contribution in [-0.4, -0.2) is 41.0 Å². The Balaban J connectivity index is 3.01. The Bertz CT molecular complexity index is 368. The molecule has 7 heteroatoms. The van der Waals surface area contributed by atoms with Crippen LogP contribution in [0, 0.1) is 5.92 Å². The first-order valence-corrected chi connectivity index (χ1v) is 6.24. The van der Waals surface area contributed by atoms with Crippen molar-refractivity contribution >= 4 is 11.8 Å². The number of hydrogen-bond acceptors (Lipinski definition) is 2. The fraction of sp³-hybridized carbons (Fsp3) is 0.833. The standard InChI is InChI=1S/C12H19F3N2O2/c1-6(2)9-10(18)16-8(4)11(19)17(9)7(3)5-12(13,14)15/h6-9H,5H2,1-4H3,(H,16,18). The molecule has 0 saturated carbocycles. The summed E-state index contributed by atoms with van der Waals surface area (Å²) >= 11 is 0. The second-order valence-corrected chi connectivity index (χ2v) is 5.33. The molecule has 0 bridgehead atoms. The number of alkyl halides is 3. The van der Waals surface area contributed by atoms with Gasteiger partial charge < -0.3 is 10.2 Å². The van der Waals surface area contributed by atoms with Crippen LogP contribution in [-0.2, 0) is 9.59 Å². The lowest BCUT2D eigenvalue weighted by atomic mass is 9.95. The molecule has 110 valence electrons. The summed E-state index contributed by atoms with van der Waals surface area (Å²) < 4.78 is 37.4. The van der Waals surface area contributed by atoms with Crippen molar-refractivity contribution in [3.63, 3.8) is 0 Å². The number of halogens is 3. The highest BCUT2D eigenvalue weighted by Gasteiger charge is 2.45. The Labute approximate surface area is 110 Å². The largest absolute Gasteiger partial charge is 0.391 e. The third kappa shape index (κ3) is 3.61. The first kappa shape index (κ1) is 15.8. The van der Waals surface area contributed by atoms with Gasteiger partial charge in [0.1, 0.15) is 12.1 Å². The molecule has 0 radical (unpaired) electrons. The first-order chi connectivity index (χ1) is 8.54. The fourth-order valence-electron chi connectivity index (χ4n) is 2.40. The number of nitrogens with one attached hydrogen (secondary N) is 1. The van der Waals surface area contributed by atoms with Crippen molar-refractivity contribution in [2.75, 3.05) is 0 Å². The van der Waals surface area contributed by atoms with E-state index in [0.29, 0.717) is 0 Å². The molecular formula is C12H19F3N2O2. The third-order valence-electron chi connectivity index (χ3n) is 3.19. The van der Waals surface area contributed by atoms with Gasteiger partial charge in [0.25, 0.3) is 0 Å². The van der Waals surface area contributed by atoms with Crippen molar-refractivity contribution in [3.8, 4) is 0 Å². The maximum Gasteiger partial charge on any atom is 0.391 e. The minimum Gasteiger partial charge on any atom is -0.343 e. The highest BCUT2D eigenvalue weighted by atomic mass is 19.4. The third-order valence-corrected chi connectivity index (χ3v) is 3.19. The average molecular weight is 280 g/mol. The molecule has 19 heavy (non-hydrogen) atoms. The molecule has 4 nitrogen and oxygen atoms in total. The number of nitrogens with zero attached hydrogens (tertiary/aromatic N) is 1. The molecule has 1 rings (SSSR count). The van der Waals surface area contributed by atoms with Gasteiger partial charge in [0.15, 0.2) is 0 Å². The lowest BCUT2D eigenvalue weighted by Crippen LogP contribution is -2.66. The first-order valence-electron chi connectivity index (χ1n) is 6.24. The number of carbonyl (C=O) groups is 2. The van der Waals surface area contributed by atoms with Gasteiger partial charge >= 0.3 is 6.18 Å². The van der Waals surface area contributed by atoms with Gasteiger partial charge in [-0.3, -0.25) is 9.59 Å². The lowest BCUT2D eigenvalue weighted by Gasteiger charge is -2.43. The molecule has 1 aliphatic rings. The summed E-state index contributed by atoms with van der Waals surface area (Å²) in [6, 6.07) is -2.67. The van der Waals surface area contributed by atoms with Crippen molar-refractivity contribution in [2.24, 2.45) is 5.92 Å². The van der Waals surface area contributed by atoms with Crippen LogP contribution in [0.25, 0.3) is 0 Å². The van der Waals surface area contributed by atoms with Crippen molar-refractivity contribution in [1.29, 1.82) is 0 Å². The number of amides is 2. The molecule has 2 amide bonds. The van der Waals surface area contributed by atoms with Gasteiger partial charge in [0.2, 0.25) is 11.8 Å². The molecule has 3 unspecified atom stereocenters. The van der Waals surface area contributed by atoms with Gasteiger partial charge in [0.05, 0.1) is 6.42 Å². The summed E-state index contributed by atoms with van der Waals surface area (Å²) in [6.07, 6.45) is -5.47. The average Bonchev–Trinajstić information content (AvgIpc) is 2.19. The molecule has 1 N–H and O–H groups in total. The summed E-state index contributed by atoms with van der Waals surface area (Å²) in [5, 5.41) is 2.50. The van der Waals surface area contributed by atoms with Crippen LogP contribution in [0.15, 0.2) is 0 Å². The SMILES string of the molecule is CC1NC(=O)C(C(C)C)N(C(C)CC(F)(F)F)C1=O. The molecule has 1 heterocycles. The minimum atomic E-state index is -4.36. The molecule has 3 atom stereocenters. The van der Waals surface area contributed by atoms with Gasteiger partial charge in [-0.05, 0) is 19.8 Å². The molecular weight excluding hydrogens is 261 g/mol. The minimum absolute atomic E-state index is 0.243. The van der Waals surface area contributed by atoms with E-state index >= 15 is 0 Å². The van der Waals surface area contributed by atoms with E-state index in [1.54, 1.807) is 13.8 Å². The van der Waals surface area contributed by atoms with Crippen LogP contribution in [0.5, 0.6) is 0 Å². The predicted molar refractivity (Wildman–Crippen MR) is 63.2 cm³/mol. The summed E-state index contributed by atoms with van der Waals surface area (Å²) in [4.78, 5) is 25.0. The Morgan fingerprint density at radius 3 is 2.21 bits per heavy atom. The van der Waals surface area contributed by atoms with Gasteiger partial charge in [-0.2, -0.15) is 13.2 Å². The Hall–Kier alpha value is -1.27. The van der Waals surface area contributed by atoms with E-state index in [1.165, 1.54) is 13.8 Å². The topological polar surface area (TPSA) is 49.4 Å². The molecule has 1 fully saturated rings. The zero-order chi connectivity index (χ0) is 15.0. The van der Waals surface area contributed by atoms with Crippen LogP contribution < -0.4 is 5.32 Å². The maximum atomic E-state index is 12.5. The zero-order valence-corrected chi connectivity index (χ0v) is 11.4. The van der Waals surface area contributed by atoms with Crippen LogP contribution in [0.2, 0.25) is 0 Å². The van der Waals surface area contributed by atoms with Crippen molar-refractivity contribution in [2.45, 2.75) is 58.4 Å². The van der Waals surface area contributed by atoms with Crippen molar-refractivity contribution in [3.05, 3.63) is 0 Å². The molecule has 0 aromatic carbocycles. The van der Waals surface area contributed by atoms with Crippen molar-refractivity contribution < 1.29 is 22.8 Å². The highest BCUT2D eigenvalue weighted by molar-refractivity contribution is 5.97. The van der Waals surface area contributed by atoms with Gasteiger partial charge in [0, 0.05) is 6.04 Å². The molecule has 0 aliphatic carbocycles. The summed E-state index contributed by atoms with van der Waals surface area (Å²) in [7, 11) is 0. The maximum absolute atomic E-state index is 12.5. The Morgan fingerprint density at radius 1 is 1.26 bits per heavy atom. The summed E-state index contributed by atoms with van der Waals surface area (Å²) in [5.41, 5.74) is 0. The molecule has 0 aromatic heterocycles. The number of rotatable bonds is 3. The summed E-state index contributed by atoms with van der Waals surface area (Å²) in [5.74, 6) is -1.10. The van der Waals surface area contributed by atoms with Gasteiger partial charge in [-0.1, -0.05) is 13.8 Å². The van der Waals surface area contributed by atoms with Crippen molar-refractivity contribution in [1.82, 2.24) is 10.2 Å². The highest BCUT2D eigenvalue weighted by Crippen LogP contribution is 2.28. The second kappa shape index (κ2) is 5.38. The summed E-state index contributed by atoms with van der Waals surface area (Å²) in [6.45, 7) is 6.22. The van der Waals surface area contributed by atoms with E-state index in [2.05, 4.69) is 5.32 Å². The Kier molecular flexibility index (Phi) is 4.47. The number of carbonyl (C=O) groups excluding carboxylic acids is 2. The zero-order valence-electron chi connectivity index (χ0n) is 11.4. The van der Waals surface area contributed by atoms with E-state index in [9.17, 15) is 22.8 Å². The normalized spacial score (nSPS) is 26.6. The molecule has 1 aliphatic heterocycles. The smallest absolute Gasteiger partial charge is 0.343 e. The predicted octanol–water partition coefficient (Wildman–Crippen LogP) is 1.70. The van der Waals surface area contributed by atoms with E-state index in [1.807, 2.05) is 0 Å². The fourth-order valence-corrected chi connectivity index (χ4v) is 2.40. The van der Waals surface area contributed by atoms with Crippen LogP contribution in [0.4, 0.5) is 13.2 Å². The van der Waals surface area contributed by atoms with Crippen LogP contribution in [0.3, 0.4) is 0 Å². The monoisotopic (exact) mass is 280 g/mol. The van der Waals surface area contributed by atoms with E-state index < -0.39 is 42.5 Å². The lowest BCUT2D eigenvalue weighted by molar-refractivity contribution is -0.166. The van der Waals surface area contributed by atoms with E-state index in [0.717, 1.165) is 4.90 Å². The Morgan fingerprint density at radius 2 is 1.79 bits per heavy atom. The quantitative estimate of drug-likeness (QED) is 0.855. The number of hydrogen-bond donors (Lipinski definition) is 1. The molecule has 0 spiro atoms. The van der Waals surface area contributed by atoms with Gasteiger partial charge in [-0.15, -0.1) is 0 Å². The van der Waals surface area contributed by atoms with E-state index in [-0.39, 0.29) is 5.92 Å². The van der Waals surface area contributed by atoms with Crippen LogP contribution >= 0.6 is 0 Å². The molecule has 1 saturated heterocycles.